The van der Waals surface area contributed by atoms with E-state index in [1.54, 1.807) is 0 Å². The minimum atomic E-state index is -3.57. The van der Waals surface area contributed by atoms with E-state index in [0.29, 0.717) is 16.6 Å². The zero-order valence-corrected chi connectivity index (χ0v) is 13.7. The van der Waals surface area contributed by atoms with Gasteiger partial charge in [0.2, 0.25) is 10.0 Å². The van der Waals surface area contributed by atoms with Crippen molar-refractivity contribution >= 4 is 49.2 Å². The lowest BCUT2D eigenvalue weighted by atomic mass is 10.2. The van der Waals surface area contributed by atoms with Crippen LogP contribution in [0.3, 0.4) is 0 Å². The molecule has 0 amide bonds. The average molecular weight is 375 g/mol. The number of hydrogen-bond acceptors (Lipinski definition) is 2. The minimum Gasteiger partial charge on any atom is -0.210 e. The molecule has 102 valence electrons. The Morgan fingerprint density at radius 2 is 1.83 bits per heavy atom. The van der Waals surface area contributed by atoms with Crippen molar-refractivity contribution in [1.29, 1.82) is 0 Å². The summed E-state index contributed by atoms with van der Waals surface area (Å²) in [5.74, 6) is 0. The van der Waals surface area contributed by atoms with Gasteiger partial charge in [0.15, 0.2) is 0 Å². The number of nitrogens with one attached hydrogen (secondary N) is 1. The maximum atomic E-state index is 12.0. The first-order valence-corrected chi connectivity index (χ1v) is 8.60. The van der Waals surface area contributed by atoms with Crippen LogP contribution < -0.4 is 4.72 Å². The van der Waals surface area contributed by atoms with Gasteiger partial charge in [-0.25, -0.2) is 13.1 Å². The lowest BCUT2D eigenvalue weighted by Gasteiger charge is -2.11. The van der Waals surface area contributed by atoms with Gasteiger partial charge in [0.25, 0.3) is 0 Å². The monoisotopic (exact) mass is 373 g/mol. The van der Waals surface area contributed by atoms with E-state index in [1.165, 1.54) is 18.2 Å². The minimum absolute atomic E-state index is 0.0798. The molecule has 1 atom stereocenters. The van der Waals surface area contributed by atoms with Gasteiger partial charge in [0, 0.05) is 21.4 Å². The number of rotatable bonds is 6. The highest BCUT2D eigenvalue weighted by Gasteiger charge is 2.16. The summed E-state index contributed by atoms with van der Waals surface area (Å²) in [5, 5.41) is 0.596. The molecule has 1 aromatic carbocycles. The molecule has 0 bridgehead atoms. The summed E-state index contributed by atoms with van der Waals surface area (Å²) in [6, 6.07) is 4.24. The molecular formula is C11H14BrCl2NO2S. The highest BCUT2D eigenvalue weighted by molar-refractivity contribution is 9.09. The molecule has 1 unspecified atom stereocenters. The van der Waals surface area contributed by atoms with Gasteiger partial charge in [-0.2, -0.15) is 0 Å². The average Bonchev–Trinajstić information content (AvgIpc) is 2.26. The SMILES string of the molecule is CCCC(Br)CNS(=O)(=O)c1cc(Cl)cc(Cl)c1. The molecule has 0 aliphatic carbocycles. The summed E-state index contributed by atoms with van der Waals surface area (Å²) in [4.78, 5) is 0.197. The molecule has 0 radical (unpaired) electrons. The van der Waals surface area contributed by atoms with Crippen LogP contribution in [0.5, 0.6) is 0 Å². The predicted octanol–water partition coefficient (Wildman–Crippen LogP) is 3.84. The standard InChI is InChI=1S/C11H14BrCl2NO2S/c1-2-3-8(12)7-15-18(16,17)11-5-9(13)4-10(14)6-11/h4-6,8,15H,2-3,7H2,1H3. The Hall–Kier alpha value is 0.190. The van der Waals surface area contributed by atoms with Crippen LogP contribution in [0.4, 0.5) is 0 Å². The van der Waals surface area contributed by atoms with E-state index < -0.39 is 10.0 Å². The summed E-state index contributed by atoms with van der Waals surface area (Å²) in [6.45, 7) is 2.37. The summed E-state index contributed by atoms with van der Waals surface area (Å²) < 4.78 is 26.5. The van der Waals surface area contributed by atoms with Crippen molar-refractivity contribution < 1.29 is 8.42 Å². The number of benzene rings is 1. The van der Waals surface area contributed by atoms with Gasteiger partial charge >= 0.3 is 0 Å². The van der Waals surface area contributed by atoms with Crippen molar-refractivity contribution in [3.63, 3.8) is 0 Å². The van der Waals surface area contributed by atoms with Crippen LogP contribution in [0.25, 0.3) is 0 Å². The Balaban J connectivity index is 2.80. The van der Waals surface area contributed by atoms with Gasteiger partial charge in [-0.3, -0.25) is 0 Å². The van der Waals surface area contributed by atoms with Crippen LogP contribution in [-0.2, 0) is 10.0 Å². The van der Waals surface area contributed by atoms with E-state index in [2.05, 4.69) is 20.7 Å². The Morgan fingerprint density at radius 1 is 1.28 bits per heavy atom. The third kappa shape index (κ3) is 5.05. The third-order valence-corrected chi connectivity index (χ3v) is 4.86. The summed E-state index contributed by atoms with van der Waals surface area (Å²) in [6.07, 6.45) is 1.89. The zero-order chi connectivity index (χ0) is 13.8. The van der Waals surface area contributed by atoms with E-state index in [0.717, 1.165) is 12.8 Å². The number of sulfonamides is 1. The fourth-order valence-corrected chi connectivity index (χ4v) is 4.02. The molecule has 18 heavy (non-hydrogen) atoms. The van der Waals surface area contributed by atoms with Crippen molar-refractivity contribution in [2.24, 2.45) is 0 Å². The molecule has 7 heteroatoms. The molecule has 0 aliphatic rings. The van der Waals surface area contributed by atoms with Gasteiger partial charge in [-0.1, -0.05) is 52.5 Å². The number of halogens is 3. The second-order valence-corrected chi connectivity index (χ2v) is 7.78. The van der Waals surface area contributed by atoms with E-state index >= 15 is 0 Å². The predicted molar refractivity (Wildman–Crippen MR) is 79.3 cm³/mol. The quantitative estimate of drug-likeness (QED) is 0.769. The fraction of sp³-hybridized carbons (Fsp3) is 0.455. The van der Waals surface area contributed by atoms with Crippen molar-refractivity contribution in [2.45, 2.75) is 29.5 Å². The van der Waals surface area contributed by atoms with Gasteiger partial charge in [0.1, 0.15) is 0 Å². The second kappa shape index (κ2) is 7.10. The van der Waals surface area contributed by atoms with E-state index in [1.807, 2.05) is 6.92 Å². The largest absolute Gasteiger partial charge is 0.240 e. The second-order valence-electron chi connectivity index (χ2n) is 3.84. The normalized spacial score (nSPS) is 13.6. The third-order valence-electron chi connectivity index (χ3n) is 2.24. The van der Waals surface area contributed by atoms with E-state index in [9.17, 15) is 8.42 Å². The first-order valence-electron chi connectivity index (χ1n) is 5.45. The Labute approximate surface area is 126 Å². The first kappa shape index (κ1) is 16.2. The molecule has 0 heterocycles. The zero-order valence-electron chi connectivity index (χ0n) is 9.79. The Morgan fingerprint density at radius 3 is 2.33 bits per heavy atom. The van der Waals surface area contributed by atoms with Crippen LogP contribution in [0.1, 0.15) is 19.8 Å². The van der Waals surface area contributed by atoms with Crippen LogP contribution >= 0.6 is 39.1 Å². The lowest BCUT2D eigenvalue weighted by Crippen LogP contribution is -2.29. The van der Waals surface area contributed by atoms with Gasteiger partial charge in [-0.05, 0) is 24.6 Å². The topological polar surface area (TPSA) is 46.2 Å². The molecule has 0 aromatic heterocycles. The van der Waals surface area contributed by atoms with Crippen molar-refractivity contribution in [1.82, 2.24) is 4.72 Å². The maximum absolute atomic E-state index is 12.0. The van der Waals surface area contributed by atoms with Gasteiger partial charge in [0.05, 0.1) is 4.90 Å². The molecule has 1 aromatic rings. The highest BCUT2D eigenvalue weighted by Crippen LogP contribution is 2.22. The first-order chi connectivity index (χ1) is 8.35. The van der Waals surface area contributed by atoms with Crippen LogP contribution in [0.15, 0.2) is 23.1 Å². The molecule has 0 fully saturated rings. The summed E-state index contributed by atoms with van der Waals surface area (Å²) in [5.41, 5.74) is 0. The summed E-state index contributed by atoms with van der Waals surface area (Å²) in [7, 11) is -3.57. The van der Waals surface area contributed by atoms with Crippen molar-refractivity contribution in [3.05, 3.63) is 28.2 Å². The van der Waals surface area contributed by atoms with E-state index in [-0.39, 0.29) is 9.72 Å². The molecule has 0 saturated heterocycles. The van der Waals surface area contributed by atoms with Gasteiger partial charge in [-0.15, -0.1) is 0 Å². The van der Waals surface area contributed by atoms with Crippen LogP contribution in [-0.4, -0.2) is 19.8 Å². The molecular weight excluding hydrogens is 361 g/mol. The lowest BCUT2D eigenvalue weighted by molar-refractivity contribution is 0.578. The molecule has 1 rings (SSSR count). The summed E-state index contributed by atoms with van der Waals surface area (Å²) >= 11 is 15.0. The molecule has 0 saturated carbocycles. The maximum Gasteiger partial charge on any atom is 0.240 e. The molecule has 3 nitrogen and oxygen atoms in total. The Kier molecular flexibility index (Phi) is 6.41. The molecule has 0 aliphatic heterocycles. The smallest absolute Gasteiger partial charge is 0.210 e. The molecule has 1 N–H and O–H groups in total. The Bertz CT molecular complexity index is 488. The number of hydrogen-bond donors (Lipinski definition) is 1. The van der Waals surface area contributed by atoms with Crippen molar-refractivity contribution in [3.8, 4) is 0 Å². The number of alkyl halides is 1. The van der Waals surface area contributed by atoms with Gasteiger partial charge < -0.3 is 0 Å². The van der Waals surface area contributed by atoms with Crippen LogP contribution in [0.2, 0.25) is 10.0 Å². The van der Waals surface area contributed by atoms with E-state index in [4.69, 9.17) is 23.2 Å². The molecule has 0 spiro atoms. The van der Waals surface area contributed by atoms with Crippen LogP contribution in [0, 0.1) is 0 Å². The van der Waals surface area contributed by atoms with Crippen molar-refractivity contribution in [2.75, 3.05) is 6.54 Å². The highest BCUT2D eigenvalue weighted by atomic mass is 79.9. The fourth-order valence-electron chi connectivity index (χ4n) is 1.38.